The molecule has 0 saturated carbocycles. The van der Waals surface area contributed by atoms with E-state index < -0.39 is 16.0 Å². The van der Waals surface area contributed by atoms with Crippen molar-refractivity contribution in [3.05, 3.63) is 46.7 Å². The molecule has 0 saturated heterocycles. The maximum atomic E-state index is 12.2. The van der Waals surface area contributed by atoms with Crippen molar-refractivity contribution in [1.29, 1.82) is 0 Å². The molecular formula is C12H10BrN3O4S. The summed E-state index contributed by atoms with van der Waals surface area (Å²) >= 11 is 3.14. The van der Waals surface area contributed by atoms with Crippen LogP contribution >= 0.6 is 15.9 Å². The van der Waals surface area contributed by atoms with Crippen molar-refractivity contribution in [2.75, 3.05) is 10.5 Å². The molecule has 4 N–H and O–H groups in total. The van der Waals surface area contributed by atoms with Gasteiger partial charge in [0, 0.05) is 16.9 Å². The Morgan fingerprint density at radius 1 is 1.29 bits per heavy atom. The number of nitrogens with one attached hydrogen (secondary N) is 1. The summed E-state index contributed by atoms with van der Waals surface area (Å²) in [6.45, 7) is 0. The van der Waals surface area contributed by atoms with E-state index in [4.69, 9.17) is 10.8 Å². The zero-order valence-electron chi connectivity index (χ0n) is 10.4. The molecule has 9 heteroatoms. The normalized spacial score (nSPS) is 11.1. The van der Waals surface area contributed by atoms with Crippen LogP contribution in [-0.4, -0.2) is 24.5 Å². The molecule has 1 aromatic heterocycles. The van der Waals surface area contributed by atoms with Crippen LogP contribution in [0, 0.1) is 0 Å². The number of nitrogens with zero attached hydrogens (tertiary/aromatic N) is 1. The molecule has 2 rings (SSSR count). The van der Waals surface area contributed by atoms with E-state index in [1.54, 1.807) is 0 Å². The van der Waals surface area contributed by atoms with E-state index in [0.717, 1.165) is 0 Å². The van der Waals surface area contributed by atoms with Crippen molar-refractivity contribution in [3.63, 3.8) is 0 Å². The summed E-state index contributed by atoms with van der Waals surface area (Å²) in [6, 6.07) is 5.12. The number of nitrogens with two attached hydrogens (primary N) is 1. The van der Waals surface area contributed by atoms with Crippen molar-refractivity contribution < 1.29 is 18.3 Å². The molecule has 0 radical (unpaired) electrons. The summed E-state index contributed by atoms with van der Waals surface area (Å²) in [5, 5.41) is 8.83. The standard InChI is InChI=1S/C12H10BrN3O4S/c13-8-4-9(6-15-5-8)21(19,20)16-11-2-1-7(12(17)18)3-10(11)14/h1-6,16H,14H2,(H,17,18). The molecule has 0 spiro atoms. The molecule has 0 bridgehead atoms. The van der Waals surface area contributed by atoms with E-state index in [1.807, 2.05) is 0 Å². The average molecular weight is 372 g/mol. The predicted octanol–water partition coefficient (Wildman–Crippen LogP) is 1.93. The second-order valence-electron chi connectivity index (χ2n) is 4.05. The van der Waals surface area contributed by atoms with Gasteiger partial charge in [-0.05, 0) is 40.2 Å². The number of aromatic nitrogens is 1. The van der Waals surface area contributed by atoms with Crippen molar-refractivity contribution in [2.45, 2.75) is 4.90 Å². The van der Waals surface area contributed by atoms with Gasteiger partial charge in [-0.1, -0.05) is 0 Å². The maximum Gasteiger partial charge on any atom is 0.335 e. The van der Waals surface area contributed by atoms with Gasteiger partial charge in [-0.25, -0.2) is 13.2 Å². The Bertz CT molecular complexity index is 808. The third-order valence-corrected chi connectivity index (χ3v) is 4.30. The number of rotatable bonds is 4. The number of halogens is 1. The van der Waals surface area contributed by atoms with Gasteiger partial charge in [-0.15, -0.1) is 0 Å². The van der Waals surface area contributed by atoms with Gasteiger partial charge in [0.25, 0.3) is 10.0 Å². The first-order valence-corrected chi connectivity index (χ1v) is 7.83. The monoisotopic (exact) mass is 371 g/mol. The number of pyridine rings is 1. The van der Waals surface area contributed by atoms with Crippen molar-refractivity contribution >= 4 is 43.3 Å². The fourth-order valence-corrected chi connectivity index (χ4v) is 3.12. The molecule has 7 nitrogen and oxygen atoms in total. The number of sulfonamides is 1. The van der Waals surface area contributed by atoms with Gasteiger partial charge in [0.05, 0.1) is 16.9 Å². The first kappa shape index (κ1) is 15.3. The molecule has 0 atom stereocenters. The smallest absolute Gasteiger partial charge is 0.335 e. The van der Waals surface area contributed by atoms with Crippen LogP contribution in [0.1, 0.15) is 10.4 Å². The van der Waals surface area contributed by atoms with E-state index in [0.29, 0.717) is 4.47 Å². The minimum Gasteiger partial charge on any atom is -0.478 e. The zero-order valence-corrected chi connectivity index (χ0v) is 12.8. The Morgan fingerprint density at radius 2 is 2.00 bits per heavy atom. The number of carbonyl (C=O) groups is 1. The number of aromatic carboxylic acids is 1. The van der Waals surface area contributed by atoms with Crippen LogP contribution < -0.4 is 10.5 Å². The Kier molecular flexibility index (Phi) is 4.14. The number of carboxylic acids is 1. The molecule has 0 fully saturated rings. The first-order valence-electron chi connectivity index (χ1n) is 5.56. The Balaban J connectivity index is 2.35. The molecule has 2 aromatic rings. The summed E-state index contributed by atoms with van der Waals surface area (Å²) in [6.07, 6.45) is 2.64. The Hall–Kier alpha value is -2.13. The van der Waals surface area contributed by atoms with Gasteiger partial charge in [-0.2, -0.15) is 0 Å². The van der Waals surface area contributed by atoms with E-state index in [2.05, 4.69) is 25.6 Å². The quantitative estimate of drug-likeness (QED) is 0.705. The minimum absolute atomic E-state index is 0.0152. The van der Waals surface area contributed by atoms with Crippen molar-refractivity contribution in [2.24, 2.45) is 0 Å². The van der Waals surface area contributed by atoms with Gasteiger partial charge in [0.2, 0.25) is 0 Å². The second kappa shape index (κ2) is 5.70. The van der Waals surface area contributed by atoms with E-state index in [1.165, 1.54) is 36.7 Å². The van der Waals surface area contributed by atoms with Gasteiger partial charge in [0.15, 0.2) is 0 Å². The number of carboxylic acid groups (broad SMARTS) is 1. The predicted molar refractivity (Wildman–Crippen MR) is 80.6 cm³/mol. The Morgan fingerprint density at radius 3 is 2.57 bits per heavy atom. The molecule has 110 valence electrons. The maximum absolute atomic E-state index is 12.2. The average Bonchev–Trinajstić information content (AvgIpc) is 2.40. The molecule has 21 heavy (non-hydrogen) atoms. The molecule has 0 amide bonds. The lowest BCUT2D eigenvalue weighted by Crippen LogP contribution is -2.14. The van der Waals surface area contributed by atoms with Crippen LogP contribution in [0.5, 0.6) is 0 Å². The zero-order chi connectivity index (χ0) is 15.6. The Labute approximate surface area is 129 Å². The van der Waals surface area contributed by atoms with Crippen LogP contribution in [0.2, 0.25) is 0 Å². The molecule has 0 aliphatic carbocycles. The highest BCUT2D eigenvalue weighted by Crippen LogP contribution is 2.24. The molecule has 0 unspecified atom stereocenters. The molecule has 1 heterocycles. The number of hydrogen-bond donors (Lipinski definition) is 3. The third-order valence-electron chi connectivity index (χ3n) is 2.53. The lowest BCUT2D eigenvalue weighted by atomic mass is 10.2. The van der Waals surface area contributed by atoms with Gasteiger partial charge >= 0.3 is 5.97 Å². The van der Waals surface area contributed by atoms with E-state index in [-0.39, 0.29) is 21.8 Å². The highest BCUT2D eigenvalue weighted by Gasteiger charge is 2.17. The van der Waals surface area contributed by atoms with Gasteiger partial charge in [0.1, 0.15) is 4.90 Å². The lowest BCUT2D eigenvalue weighted by Gasteiger charge is -2.10. The number of nitrogen functional groups attached to an aromatic ring is 1. The fraction of sp³-hybridized carbons (Fsp3) is 0. The van der Waals surface area contributed by atoms with E-state index >= 15 is 0 Å². The summed E-state index contributed by atoms with van der Waals surface area (Å²) in [4.78, 5) is 14.5. The van der Waals surface area contributed by atoms with Crippen molar-refractivity contribution in [3.8, 4) is 0 Å². The van der Waals surface area contributed by atoms with Crippen LogP contribution in [-0.2, 0) is 10.0 Å². The van der Waals surface area contributed by atoms with Gasteiger partial charge < -0.3 is 10.8 Å². The van der Waals surface area contributed by atoms with Crippen LogP contribution in [0.25, 0.3) is 0 Å². The molecule has 0 aliphatic heterocycles. The molecular weight excluding hydrogens is 362 g/mol. The topological polar surface area (TPSA) is 122 Å². The largest absolute Gasteiger partial charge is 0.478 e. The number of hydrogen-bond acceptors (Lipinski definition) is 5. The highest BCUT2D eigenvalue weighted by molar-refractivity contribution is 9.10. The van der Waals surface area contributed by atoms with Gasteiger partial charge in [-0.3, -0.25) is 9.71 Å². The summed E-state index contributed by atoms with van der Waals surface area (Å²) < 4.78 is 27.2. The summed E-state index contributed by atoms with van der Waals surface area (Å²) in [5.41, 5.74) is 5.74. The van der Waals surface area contributed by atoms with Crippen LogP contribution in [0.4, 0.5) is 11.4 Å². The lowest BCUT2D eigenvalue weighted by molar-refractivity contribution is 0.0697. The summed E-state index contributed by atoms with van der Waals surface area (Å²) in [5.74, 6) is -1.15. The summed E-state index contributed by atoms with van der Waals surface area (Å²) in [7, 11) is -3.86. The fourth-order valence-electron chi connectivity index (χ4n) is 1.53. The second-order valence-corrected chi connectivity index (χ2v) is 6.65. The third kappa shape index (κ3) is 3.50. The minimum atomic E-state index is -3.86. The first-order chi connectivity index (χ1) is 9.79. The molecule has 1 aromatic carbocycles. The number of anilines is 2. The van der Waals surface area contributed by atoms with Crippen molar-refractivity contribution in [1.82, 2.24) is 4.98 Å². The van der Waals surface area contributed by atoms with Crippen LogP contribution in [0.15, 0.2) is 46.0 Å². The number of benzene rings is 1. The molecule has 0 aliphatic rings. The van der Waals surface area contributed by atoms with Crippen LogP contribution in [0.3, 0.4) is 0 Å². The highest BCUT2D eigenvalue weighted by atomic mass is 79.9. The SMILES string of the molecule is Nc1cc(C(=O)O)ccc1NS(=O)(=O)c1cncc(Br)c1. The van der Waals surface area contributed by atoms with E-state index in [9.17, 15) is 13.2 Å².